The zero-order chi connectivity index (χ0) is 24.9. The molecule has 2 heterocycles. The van der Waals surface area contributed by atoms with Gasteiger partial charge in [0.15, 0.2) is 0 Å². The Morgan fingerprint density at radius 3 is 2.63 bits per heavy atom. The molecule has 0 fully saturated rings. The lowest BCUT2D eigenvalue weighted by atomic mass is 10.0. The Hall–Kier alpha value is -3.07. The number of carbonyl (C=O) groups is 2. The summed E-state index contributed by atoms with van der Waals surface area (Å²) in [5, 5.41) is 4.96. The van der Waals surface area contributed by atoms with Gasteiger partial charge in [0.05, 0.1) is 30.0 Å². The summed E-state index contributed by atoms with van der Waals surface area (Å²) < 4.78 is 11.0. The predicted octanol–water partition coefficient (Wildman–Crippen LogP) is 6.84. The highest BCUT2D eigenvalue weighted by Gasteiger charge is 2.26. The van der Waals surface area contributed by atoms with Gasteiger partial charge in [-0.15, -0.1) is 11.3 Å². The van der Waals surface area contributed by atoms with Gasteiger partial charge < -0.3 is 14.8 Å². The van der Waals surface area contributed by atoms with Crippen LogP contribution in [0.5, 0.6) is 5.75 Å². The maximum Gasteiger partial charge on any atom is 0.341 e. The van der Waals surface area contributed by atoms with Crippen LogP contribution in [0, 0.1) is 6.92 Å². The van der Waals surface area contributed by atoms with Gasteiger partial charge in [-0.05, 0) is 43.2 Å². The third-order valence-electron chi connectivity index (χ3n) is 5.21. The summed E-state index contributed by atoms with van der Waals surface area (Å²) in [4.78, 5) is 30.3. The Bertz CT molecular complexity index is 1390. The van der Waals surface area contributed by atoms with E-state index in [4.69, 9.17) is 21.1 Å². The van der Waals surface area contributed by atoms with Crippen molar-refractivity contribution in [3.63, 3.8) is 0 Å². The summed E-state index contributed by atoms with van der Waals surface area (Å²) in [6.45, 7) is 3.95. The molecular formula is C26H23ClN2O4S2. The number of halogens is 1. The minimum atomic E-state index is -0.529. The number of anilines is 1. The summed E-state index contributed by atoms with van der Waals surface area (Å²) in [7, 11) is 1.61. The van der Waals surface area contributed by atoms with Gasteiger partial charge in [-0.3, -0.25) is 4.79 Å². The second-order valence-corrected chi connectivity index (χ2v) is 10.2. The number of methoxy groups -OCH3 is 1. The smallest absolute Gasteiger partial charge is 0.341 e. The molecule has 4 rings (SSSR count). The first kappa shape index (κ1) is 25.0. The normalized spacial score (nSPS) is 10.9. The molecule has 0 aliphatic rings. The van der Waals surface area contributed by atoms with E-state index >= 15 is 0 Å². The van der Waals surface area contributed by atoms with E-state index in [1.165, 1.54) is 11.8 Å². The topological polar surface area (TPSA) is 77.5 Å². The van der Waals surface area contributed by atoms with Crippen LogP contribution in [0.15, 0.2) is 59.6 Å². The van der Waals surface area contributed by atoms with Crippen LogP contribution in [-0.2, 0) is 9.53 Å². The molecule has 2 aromatic carbocycles. The van der Waals surface area contributed by atoms with Gasteiger partial charge in [0.1, 0.15) is 20.7 Å². The lowest BCUT2D eigenvalue weighted by molar-refractivity contribution is -0.113. The molecule has 1 N–H and O–H groups in total. The molecular weight excluding hydrogens is 504 g/mol. The van der Waals surface area contributed by atoms with Crippen molar-refractivity contribution < 1.29 is 19.1 Å². The van der Waals surface area contributed by atoms with E-state index in [9.17, 15) is 9.59 Å². The number of hydrogen-bond acceptors (Lipinski definition) is 7. The minimum Gasteiger partial charge on any atom is -0.497 e. The number of pyridine rings is 1. The number of carbonyl (C=O) groups excluding carboxylic acids is 2. The zero-order valence-corrected chi connectivity index (χ0v) is 21.8. The first-order valence-electron chi connectivity index (χ1n) is 10.8. The monoisotopic (exact) mass is 526 g/mol. The quantitative estimate of drug-likeness (QED) is 0.200. The number of fused-ring (bicyclic) bond motifs is 1. The first-order chi connectivity index (χ1) is 16.9. The Kier molecular flexibility index (Phi) is 7.95. The van der Waals surface area contributed by atoms with E-state index in [1.54, 1.807) is 14.0 Å². The van der Waals surface area contributed by atoms with E-state index in [2.05, 4.69) is 10.3 Å². The van der Waals surface area contributed by atoms with Crippen LogP contribution in [0.3, 0.4) is 0 Å². The highest BCUT2D eigenvalue weighted by Crippen LogP contribution is 2.44. The molecule has 9 heteroatoms. The number of thiophene rings is 1. The Morgan fingerprint density at radius 2 is 1.91 bits per heavy atom. The number of rotatable bonds is 8. The average molecular weight is 527 g/mol. The van der Waals surface area contributed by atoms with Gasteiger partial charge in [-0.25, -0.2) is 9.78 Å². The zero-order valence-electron chi connectivity index (χ0n) is 19.4. The molecule has 2 aromatic heterocycles. The Balaban J connectivity index is 1.56. The molecule has 0 atom stereocenters. The van der Waals surface area contributed by atoms with Crippen LogP contribution in [-0.4, -0.2) is 36.3 Å². The van der Waals surface area contributed by atoms with Gasteiger partial charge in [-0.2, -0.15) is 0 Å². The van der Waals surface area contributed by atoms with Crippen molar-refractivity contribution in [3.05, 3.63) is 70.1 Å². The number of aryl methyl sites for hydroxylation is 1. The van der Waals surface area contributed by atoms with Crippen LogP contribution in [0.1, 0.15) is 22.8 Å². The SMILES string of the molecule is CCOC(=O)c1c(NC(=O)CSc2cc(C)c3ccc(OC)cc3n2)sc(Cl)c1-c1ccccc1. The third kappa shape index (κ3) is 5.61. The van der Waals surface area contributed by atoms with Crippen molar-refractivity contribution in [2.75, 3.05) is 24.8 Å². The standard InChI is InChI=1S/C26H23ClN2O4S2/c1-4-33-26(31)23-22(16-8-6-5-7-9-16)24(27)35-25(23)29-20(30)14-34-21-12-15(2)18-11-10-17(32-3)13-19(18)28-21/h5-13H,4,14H2,1-3H3,(H,29,30). The second kappa shape index (κ2) is 11.1. The summed E-state index contributed by atoms with van der Waals surface area (Å²) in [6, 6.07) is 17.0. The molecule has 0 saturated carbocycles. The summed E-state index contributed by atoms with van der Waals surface area (Å²) in [6.07, 6.45) is 0. The number of benzene rings is 2. The van der Waals surface area contributed by atoms with Crippen LogP contribution in [0.2, 0.25) is 4.34 Å². The van der Waals surface area contributed by atoms with Crippen molar-refractivity contribution in [3.8, 4) is 16.9 Å². The maximum atomic E-state index is 12.9. The maximum absolute atomic E-state index is 12.9. The number of amides is 1. The summed E-state index contributed by atoms with van der Waals surface area (Å²) >= 11 is 8.97. The fourth-order valence-electron chi connectivity index (χ4n) is 3.61. The number of nitrogens with zero attached hydrogens (tertiary/aromatic N) is 1. The van der Waals surface area contributed by atoms with E-state index in [0.717, 1.165) is 44.1 Å². The third-order valence-corrected chi connectivity index (χ3v) is 7.44. The van der Waals surface area contributed by atoms with Crippen molar-refractivity contribution in [1.29, 1.82) is 0 Å². The fraction of sp³-hybridized carbons (Fsp3) is 0.192. The molecule has 6 nitrogen and oxygen atoms in total. The largest absolute Gasteiger partial charge is 0.497 e. The number of ether oxygens (including phenoxy) is 2. The lowest BCUT2D eigenvalue weighted by Crippen LogP contribution is -2.16. The minimum absolute atomic E-state index is 0.111. The molecule has 0 radical (unpaired) electrons. The Morgan fingerprint density at radius 1 is 1.14 bits per heavy atom. The van der Waals surface area contributed by atoms with Crippen LogP contribution in [0.4, 0.5) is 5.00 Å². The first-order valence-corrected chi connectivity index (χ1v) is 13.0. The second-order valence-electron chi connectivity index (χ2n) is 7.54. The summed E-state index contributed by atoms with van der Waals surface area (Å²) in [5.74, 6) is 0.0291. The predicted molar refractivity (Wildman–Crippen MR) is 143 cm³/mol. The highest BCUT2D eigenvalue weighted by atomic mass is 35.5. The molecule has 0 saturated heterocycles. The van der Waals surface area contributed by atoms with E-state index < -0.39 is 5.97 Å². The van der Waals surface area contributed by atoms with Crippen molar-refractivity contribution in [1.82, 2.24) is 4.98 Å². The number of nitrogens with one attached hydrogen (secondary N) is 1. The van der Waals surface area contributed by atoms with Gasteiger partial charge in [0, 0.05) is 17.0 Å². The van der Waals surface area contributed by atoms with Crippen molar-refractivity contribution >= 4 is 62.5 Å². The fourth-order valence-corrected chi connectivity index (χ4v) is 5.77. The van der Waals surface area contributed by atoms with E-state index in [0.29, 0.717) is 14.9 Å². The Labute approximate surface area is 216 Å². The molecule has 0 aliphatic carbocycles. The number of aromatic nitrogens is 1. The van der Waals surface area contributed by atoms with Gasteiger partial charge in [-0.1, -0.05) is 53.7 Å². The molecule has 35 heavy (non-hydrogen) atoms. The summed E-state index contributed by atoms with van der Waals surface area (Å²) in [5.41, 5.74) is 3.45. The molecule has 1 amide bonds. The highest BCUT2D eigenvalue weighted by molar-refractivity contribution is 7.99. The molecule has 0 aliphatic heterocycles. The van der Waals surface area contributed by atoms with Crippen molar-refractivity contribution in [2.45, 2.75) is 18.9 Å². The van der Waals surface area contributed by atoms with Gasteiger partial charge >= 0.3 is 5.97 Å². The molecule has 0 unspecified atom stereocenters. The molecule has 0 bridgehead atoms. The average Bonchev–Trinajstić information content (AvgIpc) is 3.18. The van der Waals surface area contributed by atoms with Crippen LogP contribution in [0.25, 0.3) is 22.0 Å². The van der Waals surface area contributed by atoms with E-state index in [1.807, 2.05) is 61.5 Å². The molecule has 180 valence electrons. The van der Waals surface area contributed by atoms with Crippen LogP contribution < -0.4 is 10.1 Å². The molecule has 4 aromatic rings. The van der Waals surface area contributed by atoms with Crippen LogP contribution >= 0.6 is 34.7 Å². The number of esters is 1. The number of thioether (sulfide) groups is 1. The van der Waals surface area contributed by atoms with E-state index in [-0.39, 0.29) is 23.8 Å². The van der Waals surface area contributed by atoms with Gasteiger partial charge in [0.2, 0.25) is 5.91 Å². The number of hydrogen-bond donors (Lipinski definition) is 1. The lowest BCUT2D eigenvalue weighted by Gasteiger charge is -2.10. The van der Waals surface area contributed by atoms with Gasteiger partial charge in [0.25, 0.3) is 0 Å². The molecule has 0 spiro atoms. The van der Waals surface area contributed by atoms with Crippen molar-refractivity contribution in [2.24, 2.45) is 0 Å².